The fourth-order valence-corrected chi connectivity index (χ4v) is 2.19. The second-order valence-electron chi connectivity index (χ2n) is 5.90. The molecule has 0 amide bonds. The molecule has 1 heterocycles. The minimum absolute atomic E-state index is 0.642. The lowest BCUT2D eigenvalue weighted by Gasteiger charge is -2.13. The van der Waals surface area contributed by atoms with E-state index in [2.05, 4.69) is 28.6 Å². The van der Waals surface area contributed by atoms with Gasteiger partial charge in [-0.05, 0) is 26.7 Å². The van der Waals surface area contributed by atoms with Gasteiger partial charge in [-0.25, -0.2) is 9.13 Å². The summed E-state index contributed by atoms with van der Waals surface area (Å²) >= 11 is 0. The Labute approximate surface area is 111 Å². The molecular weight excluding hydrogens is 224 g/mol. The minimum atomic E-state index is -0.642. The standard InChI is InChI=1S/C15H29N2O/c1-4-5-6-7-8-9-10-16-11-12-17(14-16)13-15(2,3)18/h11-12,14,18H,4-10,13H2,1-3H3/q+1. The third-order valence-corrected chi connectivity index (χ3v) is 3.09. The summed E-state index contributed by atoms with van der Waals surface area (Å²) in [6.45, 7) is 7.67. The first-order valence-corrected chi connectivity index (χ1v) is 7.28. The molecule has 0 spiro atoms. The number of nitrogens with zero attached hydrogens (tertiary/aromatic N) is 2. The Morgan fingerprint density at radius 3 is 2.44 bits per heavy atom. The molecule has 0 unspecified atom stereocenters. The summed E-state index contributed by atoms with van der Waals surface area (Å²) in [5.74, 6) is 0. The lowest BCUT2D eigenvalue weighted by molar-refractivity contribution is -0.708. The number of imidazole rings is 1. The maximum absolute atomic E-state index is 9.75. The van der Waals surface area contributed by atoms with Crippen LogP contribution in [-0.4, -0.2) is 15.3 Å². The van der Waals surface area contributed by atoms with Gasteiger partial charge in [-0.15, -0.1) is 0 Å². The van der Waals surface area contributed by atoms with Crippen LogP contribution in [0.5, 0.6) is 0 Å². The van der Waals surface area contributed by atoms with Crippen LogP contribution < -0.4 is 4.57 Å². The van der Waals surface area contributed by atoms with Gasteiger partial charge in [0.25, 0.3) is 0 Å². The van der Waals surface area contributed by atoms with Crippen LogP contribution in [0.15, 0.2) is 18.7 Å². The zero-order chi connectivity index (χ0) is 13.4. The summed E-state index contributed by atoms with van der Waals surface area (Å²) in [7, 11) is 0. The highest BCUT2D eigenvalue weighted by molar-refractivity contribution is 4.68. The molecule has 0 bridgehead atoms. The molecule has 0 aliphatic rings. The van der Waals surface area contributed by atoms with Gasteiger partial charge in [0.15, 0.2) is 0 Å². The van der Waals surface area contributed by atoms with E-state index in [1.165, 1.54) is 38.5 Å². The van der Waals surface area contributed by atoms with Gasteiger partial charge >= 0.3 is 0 Å². The van der Waals surface area contributed by atoms with Crippen molar-refractivity contribution < 1.29 is 9.67 Å². The average molecular weight is 253 g/mol. The predicted octanol–water partition coefficient (Wildman–Crippen LogP) is 2.91. The van der Waals surface area contributed by atoms with Crippen molar-refractivity contribution >= 4 is 0 Å². The molecule has 1 aromatic rings. The van der Waals surface area contributed by atoms with Crippen molar-refractivity contribution in [1.29, 1.82) is 0 Å². The van der Waals surface area contributed by atoms with Crippen molar-refractivity contribution in [1.82, 2.24) is 4.57 Å². The number of unbranched alkanes of at least 4 members (excludes halogenated alkanes) is 5. The van der Waals surface area contributed by atoms with E-state index in [1.54, 1.807) is 0 Å². The van der Waals surface area contributed by atoms with Crippen LogP contribution in [0, 0.1) is 0 Å². The van der Waals surface area contributed by atoms with Crippen molar-refractivity contribution in [2.75, 3.05) is 0 Å². The minimum Gasteiger partial charge on any atom is -0.386 e. The fraction of sp³-hybridized carbons (Fsp3) is 0.800. The summed E-state index contributed by atoms with van der Waals surface area (Å²) in [5.41, 5.74) is -0.642. The highest BCUT2D eigenvalue weighted by atomic mass is 16.3. The quantitative estimate of drug-likeness (QED) is 0.532. The van der Waals surface area contributed by atoms with Crippen LogP contribution >= 0.6 is 0 Å². The van der Waals surface area contributed by atoms with Crippen molar-refractivity contribution in [3.05, 3.63) is 18.7 Å². The molecule has 18 heavy (non-hydrogen) atoms. The maximum atomic E-state index is 9.75. The lowest BCUT2D eigenvalue weighted by atomic mass is 10.1. The van der Waals surface area contributed by atoms with Gasteiger partial charge in [0.1, 0.15) is 18.9 Å². The van der Waals surface area contributed by atoms with E-state index >= 15 is 0 Å². The summed E-state index contributed by atoms with van der Waals surface area (Å²) in [5, 5.41) is 9.75. The number of aromatic nitrogens is 2. The topological polar surface area (TPSA) is 29.0 Å². The van der Waals surface area contributed by atoms with Gasteiger partial charge in [0.05, 0.1) is 12.1 Å². The predicted molar refractivity (Wildman–Crippen MR) is 74.3 cm³/mol. The molecule has 1 aromatic heterocycles. The van der Waals surface area contributed by atoms with E-state index in [0.717, 1.165) is 6.54 Å². The first-order valence-electron chi connectivity index (χ1n) is 7.28. The van der Waals surface area contributed by atoms with Gasteiger partial charge in [0, 0.05) is 0 Å². The third-order valence-electron chi connectivity index (χ3n) is 3.09. The normalized spacial score (nSPS) is 12.0. The van der Waals surface area contributed by atoms with Gasteiger partial charge < -0.3 is 5.11 Å². The summed E-state index contributed by atoms with van der Waals surface area (Å²) in [4.78, 5) is 0. The number of hydrogen-bond donors (Lipinski definition) is 1. The molecule has 0 aliphatic heterocycles. The molecule has 0 fully saturated rings. The van der Waals surface area contributed by atoms with Gasteiger partial charge in [0.2, 0.25) is 6.33 Å². The Morgan fingerprint density at radius 1 is 1.11 bits per heavy atom. The van der Waals surface area contributed by atoms with Crippen molar-refractivity contribution in [3.8, 4) is 0 Å². The Hall–Kier alpha value is -0.830. The van der Waals surface area contributed by atoms with E-state index in [-0.39, 0.29) is 0 Å². The van der Waals surface area contributed by atoms with Crippen LogP contribution in [0.25, 0.3) is 0 Å². The van der Waals surface area contributed by atoms with Gasteiger partial charge in [-0.1, -0.05) is 32.6 Å². The van der Waals surface area contributed by atoms with Crippen molar-refractivity contribution in [2.45, 2.75) is 78.0 Å². The molecule has 0 aromatic carbocycles. The van der Waals surface area contributed by atoms with Gasteiger partial charge in [-0.3, -0.25) is 0 Å². The molecule has 0 aliphatic carbocycles. The molecule has 1 N–H and O–H groups in total. The van der Waals surface area contributed by atoms with E-state index in [0.29, 0.717) is 6.54 Å². The molecule has 0 saturated carbocycles. The first-order chi connectivity index (χ1) is 8.51. The molecule has 0 radical (unpaired) electrons. The molecule has 1 rings (SSSR count). The zero-order valence-electron chi connectivity index (χ0n) is 12.2. The van der Waals surface area contributed by atoms with Crippen LogP contribution in [0.1, 0.15) is 59.3 Å². The third kappa shape index (κ3) is 6.80. The number of rotatable bonds is 9. The second-order valence-corrected chi connectivity index (χ2v) is 5.90. The summed E-state index contributed by atoms with van der Waals surface area (Å²) in [6, 6.07) is 0. The van der Waals surface area contributed by atoms with E-state index in [1.807, 2.05) is 20.0 Å². The van der Waals surface area contributed by atoms with E-state index in [4.69, 9.17) is 0 Å². The van der Waals surface area contributed by atoms with Crippen LogP contribution in [0.4, 0.5) is 0 Å². The van der Waals surface area contributed by atoms with E-state index < -0.39 is 5.60 Å². The molecule has 3 heteroatoms. The van der Waals surface area contributed by atoms with Crippen LogP contribution in [0.2, 0.25) is 0 Å². The Kier molecular flexibility index (Phi) is 6.41. The highest BCUT2D eigenvalue weighted by Crippen LogP contribution is 2.06. The molecule has 3 nitrogen and oxygen atoms in total. The number of aliphatic hydroxyl groups is 1. The SMILES string of the molecule is CCCCCCCCn1cc[n+](CC(C)(C)O)c1. The van der Waals surface area contributed by atoms with Gasteiger partial charge in [-0.2, -0.15) is 0 Å². The fourth-order valence-electron chi connectivity index (χ4n) is 2.19. The number of aryl methyl sites for hydroxylation is 1. The molecule has 0 atom stereocenters. The second kappa shape index (κ2) is 7.57. The largest absolute Gasteiger partial charge is 0.386 e. The molecule has 0 saturated heterocycles. The van der Waals surface area contributed by atoms with Crippen LogP contribution in [-0.2, 0) is 13.1 Å². The summed E-state index contributed by atoms with van der Waals surface area (Å²) < 4.78 is 4.27. The highest BCUT2D eigenvalue weighted by Gasteiger charge is 2.17. The molecule has 104 valence electrons. The monoisotopic (exact) mass is 253 g/mol. The Morgan fingerprint density at radius 2 is 1.78 bits per heavy atom. The number of hydrogen-bond acceptors (Lipinski definition) is 1. The zero-order valence-corrected chi connectivity index (χ0v) is 12.2. The Balaban J connectivity index is 2.19. The molecular formula is C15H29N2O+. The maximum Gasteiger partial charge on any atom is 0.243 e. The smallest absolute Gasteiger partial charge is 0.243 e. The van der Waals surface area contributed by atoms with E-state index in [9.17, 15) is 5.11 Å². The Bertz CT molecular complexity index is 325. The average Bonchev–Trinajstić information content (AvgIpc) is 2.68. The first kappa shape index (κ1) is 15.2. The lowest BCUT2D eigenvalue weighted by Crippen LogP contribution is -2.43. The van der Waals surface area contributed by atoms with Crippen molar-refractivity contribution in [3.63, 3.8) is 0 Å². The summed E-state index contributed by atoms with van der Waals surface area (Å²) in [6.07, 6.45) is 14.2. The van der Waals surface area contributed by atoms with Crippen molar-refractivity contribution in [2.24, 2.45) is 0 Å². The van der Waals surface area contributed by atoms with Crippen LogP contribution in [0.3, 0.4) is 0 Å².